The van der Waals surface area contributed by atoms with Crippen molar-refractivity contribution >= 4 is 23.5 Å². The SMILES string of the molecule is COc1nc(N[C@H]2CC[C@@H](NC(=O)c3ccc(Cl)cc3)CC2)ncc1C. The van der Waals surface area contributed by atoms with Crippen LogP contribution in [-0.2, 0) is 0 Å². The molecule has 1 aliphatic carbocycles. The molecule has 0 aliphatic heterocycles. The number of nitrogens with one attached hydrogen (secondary N) is 2. The zero-order valence-electron chi connectivity index (χ0n) is 15.0. The van der Waals surface area contributed by atoms with Gasteiger partial charge >= 0.3 is 0 Å². The van der Waals surface area contributed by atoms with Gasteiger partial charge in [-0.15, -0.1) is 0 Å². The van der Waals surface area contributed by atoms with Crippen LogP contribution in [0, 0.1) is 6.92 Å². The van der Waals surface area contributed by atoms with Gasteiger partial charge in [0.15, 0.2) is 0 Å². The van der Waals surface area contributed by atoms with E-state index in [0.29, 0.717) is 28.5 Å². The number of aromatic nitrogens is 2. The predicted octanol–water partition coefficient (Wildman–Crippen LogP) is 3.60. The molecule has 1 aliphatic rings. The summed E-state index contributed by atoms with van der Waals surface area (Å²) in [5.74, 6) is 1.12. The van der Waals surface area contributed by atoms with E-state index in [1.807, 2.05) is 6.92 Å². The summed E-state index contributed by atoms with van der Waals surface area (Å²) in [6.07, 6.45) is 5.49. The van der Waals surface area contributed by atoms with Crippen molar-refractivity contribution in [1.82, 2.24) is 15.3 Å². The third-order valence-electron chi connectivity index (χ3n) is 4.62. The number of methoxy groups -OCH3 is 1. The highest BCUT2D eigenvalue weighted by atomic mass is 35.5. The van der Waals surface area contributed by atoms with Crippen molar-refractivity contribution in [3.8, 4) is 5.88 Å². The molecular formula is C19H23ClN4O2. The maximum absolute atomic E-state index is 12.3. The Labute approximate surface area is 158 Å². The van der Waals surface area contributed by atoms with Crippen LogP contribution < -0.4 is 15.4 Å². The average Bonchev–Trinajstić information content (AvgIpc) is 2.65. The molecule has 138 valence electrons. The number of benzene rings is 1. The monoisotopic (exact) mass is 374 g/mol. The number of carbonyl (C=O) groups excluding carboxylic acids is 1. The first kappa shape index (κ1) is 18.5. The zero-order chi connectivity index (χ0) is 18.5. The van der Waals surface area contributed by atoms with Gasteiger partial charge in [-0.3, -0.25) is 4.79 Å². The molecule has 2 N–H and O–H groups in total. The summed E-state index contributed by atoms with van der Waals surface area (Å²) in [5.41, 5.74) is 1.54. The fourth-order valence-electron chi connectivity index (χ4n) is 3.14. The maximum atomic E-state index is 12.3. The largest absolute Gasteiger partial charge is 0.481 e. The van der Waals surface area contributed by atoms with Crippen LogP contribution in [0.5, 0.6) is 5.88 Å². The minimum Gasteiger partial charge on any atom is -0.481 e. The van der Waals surface area contributed by atoms with E-state index >= 15 is 0 Å². The third kappa shape index (κ3) is 4.64. The highest BCUT2D eigenvalue weighted by molar-refractivity contribution is 6.30. The van der Waals surface area contributed by atoms with Gasteiger partial charge in [-0.2, -0.15) is 4.98 Å². The van der Waals surface area contributed by atoms with E-state index in [2.05, 4.69) is 20.6 Å². The molecule has 1 amide bonds. The number of ether oxygens (including phenoxy) is 1. The Morgan fingerprint density at radius 1 is 1.15 bits per heavy atom. The van der Waals surface area contributed by atoms with Crippen LogP contribution in [0.4, 0.5) is 5.95 Å². The molecule has 3 rings (SSSR count). The Morgan fingerprint density at radius 2 is 1.81 bits per heavy atom. The number of carbonyl (C=O) groups is 1. The van der Waals surface area contributed by atoms with E-state index in [-0.39, 0.29) is 11.9 Å². The molecule has 0 atom stereocenters. The molecule has 1 fully saturated rings. The third-order valence-corrected chi connectivity index (χ3v) is 4.87. The van der Waals surface area contributed by atoms with Crippen molar-refractivity contribution in [3.63, 3.8) is 0 Å². The van der Waals surface area contributed by atoms with Crippen LogP contribution in [0.25, 0.3) is 0 Å². The number of aryl methyl sites for hydroxylation is 1. The molecule has 1 aromatic heterocycles. The lowest BCUT2D eigenvalue weighted by Gasteiger charge is -2.29. The summed E-state index contributed by atoms with van der Waals surface area (Å²) >= 11 is 5.86. The van der Waals surface area contributed by atoms with Gasteiger partial charge in [-0.05, 0) is 56.9 Å². The molecule has 1 saturated carbocycles. The number of rotatable bonds is 5. The summed E-state index contributed by atoms with van der Waals surface area (Å²) in [6.45, 7) is 1.91. The highest BCUT2D eigenvalue weighted by Crippen LogP contribution is 2.23. The first-order chi connectivity index (χ1) is 12.5. The van der Waals surface area contributed by atoms with Crippen molar-refractivity contribution in [1.29, 1.82) is 0 Å². The van der Waals surface area contributed by atoms with Crippen molar-refractivity contribution in [2.24, 2.45) is 0 Å². The Bertz CT molecular complexity index is 759. The molecule has 1 aromatic carbocycles. The normalized spacial score (nSPS) is 19.7. The van der Waals surface area contributed by atoms with E-state index in [4.69, 9.17) is 16.3 Å². The minimum absolute atomic E-state index is 0.0512. The first-order valence-electron chi connectivity index (χ1n) is 8.75. The topological polar surface area (TPSA) is 76.1 Å². The zero-order valence-corrected chi connectivity index (χ0v) is 15.7. The lowest BCUT2D eigenvalue weighted by Crippen LogP contribution is -2.40. The summed E-state index contributed by atoms with van der Waals surface area (Å²) in [4.78, 5) is 21.0. The summed E-state index contributed by atoms with van der Waals surface area (Å²) in [6, 6.07) is 7.43. The molecule has 1 heterocycles. The molecule has 2 aromatic rings. The van der Waals surface area contributed by atoms with Gasteiger partial charge < -0.3 is 15.4 Å². The van der Waals surface area contributed by atoms with Gasteiger partial charge in [-0.25, -0.2) is 4.98 Å². The van der Waals surface area contributed by atoms with Gasteiger partial charge in [-0.1, -0.05) is 11.6 Å². The number of halogens is 1. The van der Waals surface area contributed by atoms with E-state index in [0.717, 1.165) is 31.2 Å². The fourth-order valence-corrected chi connectivity index (χ4v) is 3.26. The van der Waals surface area contributed by atoms with Crippen molar-refractivity contribution in [3.05, 3.63) is 46.6 Å². The van der Waals surface area contributed by atoms with E-state index in [1.54, 1.807) is 37.6 Å². The Kier molecular flexibility index (Phi) is 5.93. The molecule has 6 nitrogen and oxygen atoms in total. The lowest BCUT2D eigenvalue weighted by molar-refractivity contribution is 0.0926. The van der Waals surface area contributed by atoms with Crippen LogP contribution in [0.2, 0.25) is 5.02 Å². The first-order valence-corrected chi connectivity index (χ1v) is 9.13. The van der Waals surface area contributed by atoms with Gasteiger partial charge in [0.2, 0.25) is 11.8 Å². The second kappa shape index (κ2) is 8.36. The van der Waals surface area contributed by atoms with Gasteiger partial charge in [0.1, 0.15) is 0 Å². The molecule has 0 spiro atoms. The standard InChI is InChI=1S/C19H23ClN4O2/c1-12-11-21-19(24-18(12)26-2)23-16-9-7-15(8-10-16)22-17(25)13-3-5-14(20)6-4-13/h3-6,11,15-16H,7-10H2,1-2H3,(H,22,25)(H,21,23,24)/t15-,16+. The van der Waals surface area contributed by atoms with Gasteiger partial charge in [0, 0.05) is 34.4 Å². The summed E-state index contributed by atoms with van der Waals surface area (Å²) in [7, 11) is 1.60. The van der Waals surface area contributed by atoms with E-state index in [9.17, 15) is 4.79 Å². The van der Waals surface area contributed by atoms with Crippen LogP contribution in [0.3, 0.4) is 0 Å². The van der Waals surface area contributed by atoms with Crippen LogP contribution in [0.1, 0.15) is 41.6 Å². The quantitative estimate of drug-likeness (QED) is 0.836. The average molecular weight is 375 g/mol. The van der Waals surface area contributed by atoms with E-state index < -0.39 is 0 Å². The van der Waals surface area contributed by atoms with Crippen LogP contribution in [-0.4, -0.2) is 35.1 Å². The fraction of sp³-hybridized carbons (Fsp3) is 0.421. The smallest absolute Gasteiger partial charge is 0.251 e. The molecule has 0 saturated heterocycles. The lowest BCUT2D eigenvalue weighted by atomic mass is 9.91. The molecule has 26 heavy (non-hydrogen) atoms. The number of amides is 1. The van der Waals surface area contributed by atoms with Crippen LogP contribution in [0.15, 0.2) is 30.5 Å². The number of anilines is 1. The summed E-state index contributed by atoms with van der Waals surface area (Å²) in [5, 5.41) is 7.10. The summed E-state index contributed by atoms with van der Waals surface area (Å²) < 4.78 is 5.24. The van der Waals surface area contributed by atoms with Crippen LogP contribution >= 0.6 is 11.6 Å². The Balaban J connectivity index is 1.49. The minimum atomic E-state index is -0.0512. The second-order valence-electron chi connectivity index (χ2n) is 6.56. The number of nitrogens with zero attached hydrogens (tertiary/aromatic N) is 2. The Morgan fingerprint density at radius 3 is 2.46 bits per heavy atom. The molecule has 0 bridgehead atoms. The second-order valence-corrected chi connectivity index (χ2v) is 7.00. The predicted molar refractivity (Wildman–Crippen MR) is 102 cm³/mol. The molecular weight excluding hydrogens is 352 g/mol. The maximum Gasteiger partial charge on any atom is 0.251 e. The Hall–Kier alpha value is -2.34. The molecule has 0 radical (unpaired) electrons. The number of hydrogen-bond donors (Lipinski definition) is 2. The highest BCUT2D eigenvalue weighted by Gasteiger charge is 2.23. The molecule has 7 heteroatoms. The van der Waals surface area contributed by atoms with Crippen molar-refractivity contribution in [2.45, 2.75) is 44.7 Å². The number of hydrogen-bond acceptors (Lipinski definition) is 5. The van der Waals surface area contributed by atoms with Gasteiger partial charge in [0.25, 0.3) is 5.91 Å². The van der Waals surface area contributed by atoms with Crippen molar-refractivity contribution < 1.29 is 9.53 Å². The van der Waals surface area contributed by atoms with E-state index in [1.165, 1.54) is 0 Å². The van der Waals surface area contributed by atoms with Crippen molar-refractivity contribution in [2.75, 3.05) is 12.4 Å². The molecule has 0 unspecified atom stereocenters. The van der Waals surface area contributed by atoms with Gasteiger partial charge in [0.05, 0.1) is 7.11 Å².